The number of benzene rings is 1. The minimum atomic E-state index is -0.387. The van der Waals surface area contributed by atoms with Crippen LogP contribution in [-0.4, -0.2) is 16.6 Å². The van der Waals surface area contributed by atoms with Crippen molar-refractivity contribution >= 4 is 0 Å². The number of aromatic amines is 1. The predicted octanol–water partition coefficient (Wildman–Crippen LogP) is 2.15. The van der Waals surface area contributed by atoms with Crippen LogP contribution in [0.4, 0.5) is 0 Å². The quantitative estimate of drug-likeness (QED) is 0.909. The molecule has 1 aliphatic rings. The van der Waals surface area contributed by atoms with Crippen molar-refractivity contribution in [3.05, 3.63) is 51.7 Å². The summed E-state index contributed by atoms with van der Waals surface area (Å²) in [6.45, 7) is 4.12. The highest BCUT2D eigenvalue weighted by Gasteiger charge is 2.25. The number of para-hydroxylation sites is 2. The Bertz CT molecular complexity index is 694. The summed E-state index contributed by atoms with van der Waals surface area (Å²) in [6.07, 6.45) is 0.279. The van der Waals surface area contributed by atoms with Crippen molar-refractivity contribution in [3.63, 3.8) is 0 Å². The molecule has 2 heterocycles. The second kappa shape index (κ2) is 5.00. The summed E-state index contributed by atoms with van der Waals surface area (Å²) in [5.74, 6) is 1.90. The monoisotopic (exact) mass is 272 g/mol. The second-order valence-corrected chi connectivity index (χ2v) is 4.73. The zero-order valence-corrected chi connectivity index (χ0v) is 11.5. The Morgan fingerprint density at radius 3 is 2.80 bits per heavy atom. The molecule has 0 saturated heterocycles. The van der Waals surface area contributed by atoms with Crippen molar-refractivity contribution in [3.8, 4) is 11.5 Å². The van der Waals surface area contributed by atoms with E-state index >= 15 is 0 Å². The zero-order chi connectivity index (χ0) is 14.1. The number of rotatable bonds is 2. The molecular formula is C15H16N2O3. The van der Waals surface area contributed by atoms with E-state index in [1.54, 1.807) is 0 Å². The van der Waals surface area contributed by atoms with Gasteiger partial charge in [-0.25, -0.2) is 4.98 Å². The Balaban J connectivity index is 1.94. The first-order valence-corrected chi connectivity index (χ1v) is 6.67. The van der Waals surface area contributed by atoms with Crippen LogP contribution < -0.4 is 15.0 Å². The van der Waals surface area contributed by atoms with Gasteiger partial charge in [0.2, 0.25) is 0 Å². The lowest BCUT2D eigenvalue weighted by Gasteiger charge is -2.25. The molecule has 0 aliphatic carbocycles. The molecule has 1 atom stereocenters. The van der Waals surface area contributed by atoms with Crippen molar-refractivity contribution in [2.24, 2.45) is 0 Å². The Morgan fingerprint density at radius 1 is 1.35 bits per heavy atom. The van der Waals surface area contributed by atoms with Crippen LogP contribution in [0.5, 0.6) is 11.5 Å². The van der Waals surface area contributed by atoms with Gasteiger partial charge in [0, 0.05) is 11.3 Å². The molecule has 2 aromatic rings. The summed E-state index contributed by atoms with van der Waals surface area (Å²) in [5.41, 5.74) is 1.36. The SMILES string of the molecule is CCc1c(C)nc(C2COc3ccccc3O2)[nH]c1=O. The number of aromatic nitrogens is 2. The molecule has 5 heteroatoms. The Morgan fingerprint density at radius 2 is 2.10 bits per heavy atom. The molecule has 1 aromatic carbocycles. The number of nitrogens with one attached hydrogen (secondary N) is 1. The summed E-state index contributed by atoms with van der Waals surface area (Å²) in [5, 5.41) is 0. The number of ether oxygens (including phenoxy) is 2. The number of H-pyrrole nitrogens is 1. The highest BCUT2D eigenvalue weighted by atomic mass is 16.6. The summed E-state index contributed by atoms with van der Waals surface area (Å²) in [6, 6.07) is 7.47. The molecular weight excluding hydrogens is 256 g/mol. The topological polar surface area (TPSA) is 64.2 Å². The fraction of sp³-hybridized carbons (Fsp3) is 0.333. The van der Waals surface area contributed by atoms with Gasteiger partial charge in [-0.05, 0) is 25.5 Å². The van der Waals surface area contributed by atoms with Gasteiger partial charge >= 0.3 is 0 Å². The fourth-order valence-corrected chi connectivity index (χ4v) is 2.36. The third kappa shape index (κ3) is 2.15. The zero-order valence-electron chi connectivity index (χ0n) is 11.5. The lowest BCUT2D eigenvalue weighted by Crippen LogP contribution is -2.27. The van der Waals surface area contributed by atoms with E-state index in [0.717, 1.165) is 5.69 Å². The highest BCUT2D eigenvalue weighted by Crippen LogP contribution is 2.34. The molecule has 1 aliphatic heterocycles. The smallest absolute Gasteiger partial charge is 0.254 e. The van der Waals surface area contributed by atoms with Crippen molar-refractivity contribution in [1.82, 2.24) is 9.97 Å². The molecule has 20 heavy (non-hydrogen) atoms. The molecule has 0 spiro atoms. The van der Waals surface area contributed by atoms with Crippen molar-refractivity contribution in [2.75, 3.05) is 6.61 Å². The third-order valence-electron chi connectivity index (χ3n) is 3.41. The number of nitrogens with zero attached hydrogens (tertiary/aromatic N) is 1. The van der Waals surface area contributed by atoms with E-state index < -0.39 is 0 Å². The van der Waals surface area contributed by atoms with E-state index in [-0.39, 0.29) is 11.7 Å². The average Bonchev–Trinajstić information content (AvgIpc) is 2.46. The molecule has 3 rings (SSSR count). The molecule has 0 radical (unpaired) electrons. The maximum atomic E-state index is 12.0. The van der Waals surface area contributed by atoms with Crippen LogP contribution in [0.3, 0.4) is 0 Å². The van der Waals surface area contributed by atoms with Crippen LogP contribution in [-0.2, 0) is 6.42 Å². The molecule has 0 amide bonds. The van der Waals surface area contributed by atoms with Crippen LogP contribution >= 0.6 is 0 Å². The van der Waals surface area contributed by atoms with Crippen LogP contribution in [0, 0.1) is 6.92 Å². The predicted molar refractivity (Wildman–Crippen MR) is 74.3 cm³/mol. The van der Waals surface area contributed by atoms with Gasteiger partial charge in [0.15, 0.2) is 23.4 Å². The van der Waals surface area contributed by atoms with Gasteiger partial charge in [-0.15, -0.1) is 0 Å². The van der Waals surface area contributed by atoms with Crippen LogP contribution in [0.25, 0.3) is 0 Å². The molecule has 1 unspecified atom stereocenters. The molecule has 104 valence electrons. The summed E-state index contributed by atoms with van der Waals surface area (Å²) in [4.78, 5) is 19.2. The van der Waals surface area contributed by atoms with Gasteiger partial charge < -0.3 is 14.5 Å². The van der Waals surface area contributed by atoms with Gasteiger partial charge in [0.25, 0.3) is 5.56 Å². The average molecular weight is 272 g/mol. The maximum absolute atomic E-state index is 12.0. The number of hydrogen-bond acceptors (Lipinski definition) is 4. The molecule has 1 aromatic heterocycles. The number of aryl methyl sites for hydroxylation is 1. The molecule has 1 N–H and O–H groups in total. The van der Waals surface area contributed by atoms with Crippen molar-refractivity contribution in [2.45, 2.75) is 26.4 Å². The summed E-state index contributed by atoms with van der Waals surface area (Å²) >= 11 is 0. The molecule has 0 fully saturated rings. The summed E-state index contributed by atoms with van der Waals surface area (Å²) < 4.78 is 11.5. The van der Waals surface area contributed by atoms with E-state index in [4.69, 9.17) is 9.47 Å². The van der Waals surface area contributed by atoms with E-state index in [1.807, 2.05) is 38.1 Å². The minimum Gasteiger partial charge on any atom is -0.485 e. The Kier molecular flexibility index (Phi) is 3.18. The van der Waals surface area contributed by atoms with Crippen LogP contribution in [0.2, 0.25) is 0 Å². The van der Waals surface area contributed by atoms with Crippen LogP contribution in [0.1, 0.15) is 30.1 Å². The second-order valence-electron chi connectivity index (χ2n) is 4.73. The molecule has 5 nitrogen and oxygen atoms in total. The maximum Gasteiger partial charge on any atom is 0.254 e. The largest absolute Gasteiger partial charge is 0.485 e. The lowest BCUT2D eigenvalue weighted by atomic mass is 10.2. The first-order valence-electron chi connectivity index (χ1n) is 6.67. The third-order valence-corrected chi connectivity index (χ3v) is 3.41. The standard InChI is InChI=1S/C15H16N2O3/c1-3-10-9(2)16-14(17-15(10)18)13-8-19-11-6-4-5-7-12(11)20-13/h4-7,13H,3,8H2,1-2H3,(H,16,17,18). The molecule has 0 bridgehead atoms. The number of hydrogen-bond donors (Lipinski definition) is 1. The van der Waals surface area contributed by atoms with Gasteiger partial charge in [0.1, 0.15) is 6.61 Å². The lowest BCUT2D eigenvalue weighted by molar-refractivity contribution is 0.0847. The minimum absolute atomic E-state index is 0.0996. The van der Waals surface area contributed by atoms with E-state index in [1.165, 1.54) is 0 Å². The highest BCUT2D eigenvalue weighted by molar-refractivity contribution is 5.41. The van der Waals surface area contributed by atoms with Crippen molar-refractivity contribution in [1.29, 1.82) is 0 Å². The first kappa shape index (κ1) is 12.7. The van der Waals surface area contributed by atoms with E-state index in [9.17, 15) is 4.79 Å². The van der Waals surface area contributed by atoms with Gasteiger partial charge in [-0.2, -0.15) is 0 Å². The number of fused-ring (bicyclic) bond motifs is 1. The van der Waals surface area contributed by atoms with E-state index in [0.29, 0.717) is 35.9 Å². The van der Waals surface area contributed by atoms with E-state index in [2.05, 4.69) is 9.97 Å². The first-order chi connectivity index (χ1) is 9.69. The normalized spacial score (nSPS) is 17.0. The van der Waals surface area contributed by atoms with Crippen LogP contribution in [0.15, 0.2) is 29.1 Å². The van der Waals surface area contributed by atoms with Gasteiger partial charge in [-0.3, -0.25) is 4.79 Å². The molecule has 0 saturated carbocycles. The van der Waals surface area contributed by atoms with Crippen molar-refractivity contribution < 1.29 is 9.47 Å². The van der Waals surface area contributed by atoms with Gasteiger partial charge in [-0.1, -0.05) is 19.1 Å². The summed E-state index contributed by atoms with van der Waals surface area (Å²) in [7, 11) is 0. The fourth-order valence-electron chi connectivity index (χ4n) is 2.36. The Hall–Kier alpha value is -2.30. The van der Waals surface area contributed by atoms with Gasteiger partial charge in [0.05, 0.1) is 0 Å². The Labute approximate surface area is 116 Å².